The fraction of sp³-hybridized carbons (Fsp3) is 0.178. The molecule has 8 aromatic carbocycles. The van der Waals surface area contributed by atoms with Crippen molar-refractivity contribution in [2.45, 2.75) is 84.3 Å². The van der Waals surface area contributed by atoms with Crippen molar-refractivity contribution in [1.29, 1.82) is 0 Å². The number of amides is 1. The molecule has 18 heteroatoms. The topological polar surface area (TPSA) is 168 Å². The largest absolute Gasteiger partial charge is 0.478 e. The third-order valence-electron chi connectivity index (χ3n) is 13.6. The number of benzene rings is 8. The van der Waals surface area contributed by atoms with Gasteiger partial charge in [-0.1, -0.05) is 198 Å². The van der Waals surface area contributed by atoms with Crippen LogP contribution in [0.15, 0.2) is 256 Å². The van der Waals surface area contributed by atoms with E-state index in [-0.39, 0.29) is 32.0 Å². The highest BCUT2D eigenvalue weighted by atomic mass is 79.9. The molecule has 0 fully saturated rings. The van der Waals surface area contributed by atoms with E-state index in [0.29, 0.717) is 43.2 Å². The maximum Gasteiger partial charge on any atom is 0.335 e. The number of nitrogens with two attached hydrogens (primary N) is 2. The van der Waals surface area contributed by atoms with Crippen LogP contribution in [-0.4, -0.2) is 35.4 Å². The fourth-order valence-electron chi connectivity index (χ4n) is 8.30. The maximum absolute atomic E-state index is 12.1. The lowest BCUT2D eigenvalue weighted by Gasteiger charge is -2.15. The van der Waals surface area contributed by atoms with Gasteiger partial charge >= 0.3 is 5.97 Å². The summed E-state index contributed by atoms with van der Waals surface area (Å²) in [5.74, 6) is -1.07. The summed E-state index contributed by atoms with van der Waals surface area (Å²) in [5, 5.41) is 21.2. The summed E-state index contributed by atoms with van der Waals surface area (Å²) in [6.45, 7) is 10.5. The number of carbonyl (C=O) groups is 2. The molecule has 0 bridgehead atoms. The van der Waals surface area contributed by atoms with Crippen molar-refractivity contribution in [3.8, 4) is 0 Å². The molecular formula is C73H74BBr3Cl4N7O3. The molecule has 10 aromatic rings. The lowest BCUT2D eigenvalue weighted by Crippen LogP contribution is -2.26. The summed E-state index contributed by atoms with van der Waals surface area (Å²) < 4.78 is 2.25. The normalized spacial score (nSPS) is 11.5. The standard InChI is InChI=1S/C22H23ClN2.C15H13BrClNO.C15H15BrClN.C8H11N.C7H4BrClO2.C6H8N2.B/c1-17(19-7-3-2-4-8-19)25-16-18-10-13-22(23)20(15-18)11-12-21-9-5-6-14-24-21;1-10(11-5-3-2-4-6-11)18-15(19)12-7-8-14(17)13(16)9-12;1-11(13-5-3-2-4-6-13)18-10-12-7-8-15(17)14(16)9-12;1-7(9)8-5-3-2-4-6-8;8-5-3-4(7(10)11)1-2-6(5)9;7-5-6-3-1-2-4-8-6;/h2-10,13-15,17,25H,11-12,16H2,1H3;2-10H,1H3,(H,18,19);2-9,11,18H,10H2,1H3;2-7H,9H2,1H3;1-3H,(H,10,11);1-4H,5,7H2;/t;;;7-;;;/m...1.../s1. The smallest absolute Gasteiger partial charge is 0.335 e. The van der Waals surface area contributed by atoms with Gasteiger partial charge in [-0.2, -0.15) is 0 Å². The molecule has 91 heavy (non-hydrogen) atoms. The predicted octanol–water partition coefficient (Wildman–Crippen LogP) is 19.6. The number of aromatic carboxylic acids is 1. The van der Waals surface area contributed by atoms with Crippen LogP contribution in [-0.2, 0) is 32.5 Å². The van der Waals surface area contributed by atoms with E-state index in [1.807, 2.05) is 147 Å². The van der Waals surface area contributed by atoms with Gasteiger partial charge in [-0.15, -0.1) is 0 Å². The van der Waals surface area contributed by atoms with E-state index in [1.54, 1.807) is 24.4 Å². The number of hydrogen-bond donors (Lipinski definition) is 6. The molecule has 3 radical (unpaired) electrons. The Morgan fingerprint density at radius 3 is 1.24 bits per heavy atom. The number of nitrogens with one attached hydrogen (secondary N) is 3. The summed E-state index contributed by atoms with van der Waals surface area (Å²) in [6, 6.07) is 75.2. The zero-order valence-corrected chi connectivity index (χ0v) is 58.8. The molecule has 3 unspecified atom stereocenters. The molecule has 0 saturated carbocycles. The summed E-state index contributed by atoms with van der Waals surface area (Å²) in [7, 11) is 0. The Morgan fingerprint density at radius 2 is 0.846 bits per heavy atom. The zero-order valence-electron chi connectivity index (χ0n) is 51.0. The Morgan fingerprint density at radius 1 is 0.462 bits per heavy atom. The molecule has 0 spiro atoms. The average Bonchev–Trinajstić information content (AvgIpc) is 3.31. The summed E-state index contributed by atoms with van der Waals surface area (Å²) in [5.41, 5.74) is 22.3. The number of carbonyl (C=O) groups excluding carboxylic acids is 1. The molecule has 1 amide bonds. The van der Waals surface area contributed by atoms with Gasteiger partial charge in [0.05, 0.1) is 32.4 Å². The number of carboxylic acid groups (broad SMARTS) is 1. The van der Waals surface area contributed by atoms with Gasteiger partial charge in [0.1, 0.15) is 0 Å². The van der Waals surface area contributed by atoms with Gasteiger partial charge in [0.15, 0.2) is 0 Å². The number of carboxylic acids is 1. The van der Waals surface area contributed by atoms with Crippen LogP contribution in [0.2, 0.25) is 20.1 Å². The van der Waals surface area contributed by atoms with Crippen molar-refractivity contribution in [2.75, 3.05) is 0 Å². The minimum atomic E-state index is -0.956. The van der Waals surface area contributed by atoms with Crippen LogP contribution in [0.1, 0.15) is 123 Å². The molecule has 8 N–H and O–H groups in total. The third kappa shape index (κ3) is 28.9. The van der Waals surface area contributed by atoms with Crippen LogP contribution >= 0.6 is 94.2 Å². The SMILES string of the molecule is CC(NC(=O)c1ccc(Cl)c(Br)c1)c1ccccc1.CC(NCc1ccc(Cl)c(Br)c1)c1ccccc1.CC(NCc1ccc(Cl)c(CCc2ccccn2)c1)c1ccccc1.C[C@@H](N)c1ccccc1.NCc1ccccn1.O=C(O)c1ccc(Cl)c(Br)c1.[B]. The monoisotopic (exact) mass is 1480 g/mol. The molecule has 4 atom stereocenters. The first kappa shape index (κ1) is 77.0. The highest BCUT2D eigenvalue weighted by Gasteiger charge is 2.13. The Hall–Kier alpha value is -6.50. The Kier molecular flexibility index (Phi) is 36.0. The number of pyridine rings is 2. The molecule has 2 aromatic heterocycles. The minimum Gasteiger partial charge on any atom is -0.478 e. The second-order valence-corrected chi connectivity index (χ2v) is 24.6. The van der Waals surface area contributed by atoms with E-state index in [9.17, 15) is 9.59 Å². The van der Waals surface area contributed by atoms with E-state index >= 15 is 0 Å². The quantitative estimate of drug-likeness (QED) is 0.0486. The number of aromatic nitrogens is 2. The van der Waals surface area contributed by atoms with Crippen molar-refractivity contribution in [1.82, 2.24) is 25.9 Å². The highest BCUT2D eigenvalue weighted by Crippen LogP contribution is 2.27. The zero-order chi connectivity index (χ0) is 65.2. The molecule has 0 aliphatic heterocycles. The second-order valence-electron chi connectivity index (χ2n) is 20.4. The Labute approximate surface area is 583 Å². The molecule has 2 heterocycles. The van der Waals surface area contributed by atoms with Crippen molar-refractivity contribution in [3.05, 3.63) is 338 Å². The predicted molar refractivity (Wildman–Crippen MR) is 390 cm³/mol. The van der Waals surface area contributed by atoms with Crippen LogP contribution in [0.4, 0.5) is 0 Å². The van der Waals surface area contributed by atoms with Gasteiger partial charge in [-0.05, 0) is 206 Å². The van der Waals surface area contributed by atoms with Crippen molar-refractivity contribution in [2.24, 2.45) is 11.5 Å². The van der Waals surface area contributed by atoms with Gasteiger partial charge in [0, 0.05) is 88.3 Å². The maximum atomic E-state index is 12.1. The van der Waals surface area contributed by atoms with Crippen molar-refractivity contribution in [3.63, 3.8) is 0 Å². The molecule has 0 aliphatic rings. The van der Waals surface area contributed by atoms with E-state index in [2.05, 4.69) is 154 Å². The second kappa shape index (κ2) is 42.6. The van der Waals surface area contributed by atoms with Crippen molar-refractivity contribution < 1.29 is 14.7 Å². The Balaban J connectivity index is 0.000000243. The number of aryl methyl sites for hydroxylation is 2. The van der Waals surface area contributed by atoms with Crippen LogP contribution in [0.3, 0.4) is 0 Å². The third-order valence-corrected chi connectivity index (χ3v) is 17.6. The molecular weight excluding hydrogens is 1420 g/mol. The number of nitrogens with zero attached hydrogens (tertiary/aromatic N) is 2. The molecule has 10 rings (SSSR count). The van der Waals surface area contributed by atoms with Gasteiger partial charge in [-0.25, -0.2) is 4.79 Å². The first-order chi connectivity index (χ1) is 43.3. The van der Waals surface area contributed by atoms with Crippen molar-refractivity contribution >= 4 is 114 Å². The summed E-state index contributed by atoms with van der Waals surface area (Å²) >= 11 is 33.8. The molecule has 10 nitrogen and oxygen atoms in total. The number of halogens is 7. The van der Waals surface area contributed by atoms with Crippen LogP contribution < -0.4 is 27.4 Å². The van der Waals surface area contributed by atoms with Crippen LogP contribution in [0, 0.1) is 0 Å². The highest BCUT2D eigenvalue weighted by molar-refractivity contribution is 9.11. The van der Waals surface area contributed by atoms with E-state index in [4.69, 9.17) is 63.0 Å². The number of hydrogen-bond acceptors (Lipinski definition) is 8. The van der Waals surface area contributed by atoms with Gasteiger partial charge in [0.2, 0.25) is 0 Å². The average molecular weight is 1490 g/mol. The molecule has 0 saturated heterocycles. The van der Waals surface area contributed by atoms with E-state index < -0.39 is 5.97 Å². The lowest BCUT2D eigenvalue weighted by atomic mass is 10.0. The summed E-state index contributed by atoms with van der Waals surface area (Å²) in [4.78, 5) is 30.9. The first-order valence-electron chi connectivity index (χ1n) is 28.9. The van der Waals surface area contributed by atoms with Gasteiger partial charge < -0.3 is 32.5 Å². The van der Waals surface area contributed by atoms with Gasteiger partial charge in [-0.3, -0.25) is 14.8 Å². The number of rotatable bonds is 17. The van der Waals surface area contributed by atoms with Crippen LogP contribution in [0.5, 0.6) is 0 Å². The summed E-state index contributed by atoms with van der Waals surface area (Å²) in [6.07, 6.45) is 5.38. The Bertz CT molecular complexity index is 3710. The van der Waals surface area contributed by atoms with Gasteiger partial charge in [0.25, 0.3) is 5.91 Å². The fourth-order valence-corrected chi connectivity index (χ4v) is 10.0. The van der Waals surface area contributed by atoms with Crippen LogP contribution in [0.25, 0.3) is 0 Å². The molecule has 0 aliphatic carbocycles. The first-order valence-corrected chi connectivity index (χ1v) is 32.8. The minimum absolute atomic E-state index is 0. The lowest BCUT2D eigenvalue weighted by molar-refractivity contribution is 0.0696. The van der Waals surface area contributed by atoms with E-state index in [1.165, 1.54) is 51.6 Å². The molecule has 471 valence electrons. The van der Waals surface area contributed by atoms with E-state index in [0.717, 1.165) is 57.4 Å².